The molecular formula is C22H35FN4O. The molecule has 1 aliphatic heterocycles. The Balaban J connectivity index is 1.59. The fourth-order valence-corrected chi connectivity index (χ4v) is 4.13. The molecule has 3 rings (SSSR count). The van der Waals surface area contributed by atoms with E-state index in [2.05, 4.69) is 29.5 Å². The number of benzene rings is 1. The molecule has 1 aromatic carbocycles. The van der Waals surface area contributed by atoms with Crippen LogP contribution in [0.2, 0.25) is 0 Å². The second-order valence-electron chi connectivity index (χ2n) is 8.26. The summed E-state index contributed by atoms with van der Waals surface area (Å²) >= 11 is 0. The Labute approximate surface area is 168 Å². The Hall–Kier alpha value is -1.82. The number of piperidine rings is 1. The van der Waals surface area contributed by atoms with Crippen LogP contribution in [0.25, 0.3) is 0 Å². The molecule has 0 atom stereocenters. The molecule has 1 saturated heterocycles. The van der Waals surface area contributed by atoms with Gasteiger partial charge in [-0.15, -0.1) is 0 Å². The third kappa shape index (κ3) is 5.16. The Morgan fingerprint density at radius 2 is 2.00 bits per heavy atom. The van der Waals surface area contributed by atoms with Crippen molar-refractivity contribution < 1.29 is 9.50 Å². The van der Waals surface area contributed by atoms with Crippen LogP contribution in [0.3, 0.4) is 0 Å². The Bertz CT molecular complexity index is 661. The highest BCUT2D eigenvalue weighted by molar-refractivity contribution is 5.79. The summed E-state index contributed by atoms with van der Waals surface area (Å²) < 4.78 is 14.6. The van der Waals surface area contributed by atoms with Crippen LogP contribution in [0.5, 0.6) is 0 Å². The van der Waals surface area contributed by atoms with E-state index in [-0.39, 0.29) is 11.9 Å². The summed E-state index contributed by atoms with van der Waals surface area (Å²) in [5.41, 5.74) is 1.91. The van der Waals surface area contributed by atoms with Gasteiger partial charge in [0.15, 0.2) is 5.96 Å². The summed E-state index contributed by atoms with van der Waals surface area (Å²) in [6.45, 7) is 7.91. The van der Waals surface area contributed by atoms with Gasteiger partial charge in [0.05, 0.1) is 18.3 Å². The van der Waals surface area contributed by atoms with Gasteiger partial charge < -0.3 is 20.6 Å². The molecule has 0 spiro atoms. The van der Waals surface area contributed by atoms with Gasteiger partial charge in [0, 0.05) is 26.2 Å². The molecule has 1 heterocycles. The van der Waals surface area contributed by atoms with Gasteiger partial charge in [-0.1, -0.05) is 19.4 Å². The topological polar surface area (TPSA) is 59.9 Å². The molecule has 1 saturated carbocycles. The number of halogens is 1. The summed E-state index contributed by atoms with van der Waals surface area (Å²) in [6, 6.07) is 5.39. The molecule has 3 N–H and O–H groups in total. The third-order valence-corrected chi connectivity index (χ3v) is 6.38. The van der Waals surface area contributed by atoms with E-state index < -0.39 is 0 Å². The van der Waals surface area contributed by atoms with Gasteiger partial charge in [-0.3, -0.25) is 0 Å². The van der Waals surface area contributed by atoms with E-state index >= 15 is 0 Å². The van der Waals surface area contributed by atoms with Gasteiger partial charge in [0.2, 0.25) is 0 Å². The van der Waals surface area contributed by atoms with Crippen molar-refractivity contribution >= 4 is 11.6 Å². The van der Waals surface area contributed by atoms with Gasteiger partial charge in [-0.2, -0.15) is 0 Å². The fourth-order valence-electron chi connectivity index (χ4n) is 4.13. The molecule has 1 aliphatic carbocycles. The first-order chi connectivity index (χ1) is 13.5. The van der Waals surface area contributed by atoms with Crippen LogP contribution in [0.4, 0.5) is 10.1 Å². The highest BCUT2D eigenvalue weighted by Gasteiger charge is 2.34. The predicted molar refractivity (Wildman–Crippen MR) is 113 cm³/mol. The molecule has 0 bridgehead atoms. The molecule has 0 amide bonds. The molecule has 2 fully saturated rings. The molecule has 6 heteroatoms. The van der Waals surface area contributed by atoms with E-state index in [1.807, 2.05) is 17.0 Å². The molecule has 156 valence electrons. The maximum Gasteiger partial charge on any atom is 0.191 e. The van der Waals surface area contributed by atoms with Crippen molar-refractivity contribution in [3.8, 4) is 0 Å². The summed E-state index contributed by atoms with van der Waals surface area (Å²) in [5, 5.41) is 16.4. The molecule has 2 aliphatic rings. The van der Waals surface area contributed by atoms with Crippen LogP contribution in [-0.4, -0.2) is 43.3 Å². The number of aliphatic hydroxyl groups excluding tert-OH is 1. The number of anilines is 1. The van der Waals surface area contributed by atoms with E-state index in [1.54, 1.807) is 6.07 Å². The Morgan fingerprint density at radius 1 is 1.25 bits per heavy atom. The summed E-state index contributed by atoms with van der Waals surface area (Å²) in [7, 11) is 0. The van der Waals surface area contributed by atoms with Gasteiger partial charge in [-0.25, -0.2) is 9.38 Å². The van der Waals surface area contributed by atoms with Crippen LogP contribution in [0.1, 0.15) is 57.9 Å². The average Bonchev–Trinajstić information content (AvgIpc) is 2.66. The molecular weight excluding hydrogens is 355 g/mol. The van der Waals surface area contributed by atoms with Gasteiger partial charge >= 0.3 is 0 Å². The number of nitrogens with one attached hydrogen (secondary N) is 2. The Morgan fingerprint density at radius 3 is 2.57 bits per heavy atom. The lowest BCUT2D eigenvalue weighted by molar-refractivity contribution is 0.131. The van der Waals surface area contributed by atoms with Crippen LogP contribution >= 0.6 is 0 Å². The molecule has 1 aromatic rings. The maximum atomic E-state index is 14.6. The largest absolute Gasteiger partial charge is 0.393 e. The van der Waals surface area contributed by atoms with E-state index in [1.165, 1.54) is 25.7 Å². The van der Waals surface area contributed by atoms with Crippen LogP contribution in [0.15, 0.2) is 23.2 Å². The summed E-state index contributed by atoms with van der Waals surface area (Å²) in [6.07, 6.45) is 6.23. The maximum absolute atomic E-state index is 14.6. The van der Waals surface area contributed by atoms with Gasteiger partial charge in [-0.05, 0) is 62.1 Å². The van der Waals surface area contributed by atoms with Crippen molar-refractivity contribution in [3.05, 3.63) is 29.6 Å². The zero-order valence-electron chi connectivity index (χ0n) is 17.3. The van der Waals surface area contributed by atoms with Crippen molar-refractivity contribution in [2.75, 3.05) is 31.1 Å². The Kier molecular flexibility index (Phi) is 7.16. The van der Waals surface area contributed by atoms with Gasteiger partial charge in [0.25, 0.3) is 0 Å². The van der Waals surface area contributed by atoms with E-state index in [0.717, 1.165) is 24.6 Å². The zero-order valence-corrected chi connectivity index (χ0v) is 17.3. The minimum Gasteiger partial charge on any atom is -0.393 e. The van der Waals surface area contributed by atoms with Gasteiger partial charge in [0.1, 0.15) is 5.82 Å². The fraction of sp³-hybridized carbons (Fsp3) is 0.682. The molecule has 0 radical (unpaired) electrons. The highest BCUT2D eigenvalue weighted by Crippen LogP contribution is 2.43. The average molecular weight is 391 g/mol. The molecule has 0 aromatic heterocycles. The third-order valence-electron chi connectivity index (χ3n) is 6.38. The number of aliphatic hydroxyl groups is 1. The zero-order chi connectivity index (χ0) is 20.0. The normalized spacial score (nSPS) is 20.0. The smallest absolute Gasteiger partial charge is 0.191 e. The second-order valence-corrected chi connectivity index (χ2v) is 8.26. The number of rotatable bonds is 7. The number of guanidine groups is 1. The van der Waals surface area contributed by atoms with Crippen LogP contribution in [0, 0.1) is 11.2 Å². The molecule has 28 heavy (non-hydrogen) atoms. The first-order valence-electron chi connectivity index (χ1n) is 10.8. The minimum absolute atomic E-state index is 0.207. The highest BCUT2D eigenvalue weighted by atomic mass is 19.1. The molecule has 0 unspecified atom stereocenters. The second kappa shape index (κ2) is 9.59. The SMILES string of the molecule is CCNC(=NCc1ccc(N2CCC(O)CC2)c(F)c1)NCC1(CC)CCC1. The lowest BCUT2D eigenvalue weighted by Gasteiger charge is -2.41. The summed E-state index contributed by atoms with van der Waals surface area (Å²) in [5.74, 6) is 0.596. The first-order valence-corrected chi connectivity index (χ1v) is 10.8. The number of hydrogen-bond acceptors (Lipinski definition) is 3. The number of nitrogens with zero attached hydrogens (tertiary/aromatic N) is 2. The first kappa shape index (κ1) is 20.9. The van der Waals surface area contributed by atoms with Crippen molar-refractivity contribution in [3.63, 3.8) is 0 Å². The quantitative estimate of drug-likeness (QED) is 0.493. The van der Waals surface area contributed by atoms with Crippen molar-refractivity contribution in [1.82, 2.24) is 10.6 Å². The van der Waals surface area contributed by atoms with Crippen molar-refractivity contribution in [2.45, 2.75) is 65.0 Å². The van der Waals surface area contributed by atoms with Crippen LogP contribution in [-0.2, 0) is 6.54 Å². The number of aliphatic imine (C=N–C) groups is 1. The molecule has 5 nitrogen and oxygen atoms in total. The predicted octanol–water partition coefficient (Wildman–Crippen LogP) is 3.42. The van der Waals surface area contributed by atoms with E-state index in [9.17, 15) is 9.50 Å². The van der Waals surface area contributed by atoms with Crippen molar-refractivity contribution in [2.24, 2.45) is 10.4 Å². The minimum atomic E-state index is -0.253. The van der Waals surface area contributed by atoms with E-state index in [0.29, 0.717) is 43.6 Å². The lowest BCUT2D eigenvalue weighted by atomic mass is 9.67. The monoisotopic (exact) mass is 390 g/mol. The van der Waals surface area contributed by atoms with Crippen molar-refractivity contribution in [1.29, 1.82) is 0 Å². The lowest BCUT2D eigenvalue weighted by Crippen LogP contribution is -2.46. The van der Waals surface area contributed by atoms with Crippen LogP contribution < -0.4 is 15.5 Å². The summed E-state index contributed by atoms with van der Waals surface area (Å²) in [4.78, 5) is 6.67. The number of hydrogen-bond donors (Lipinski definition) is 3. The standard InChI is InChI=1S/C22H35FN4O/c1-3-22(10-5-11-22)16-26-21(24-4-2)25-15-17-6-7-20(19(23)14-17)27-12-8-18(28)9-13-27/h6-7,14,18,28H,3-5,8-13,15-16H2,1-2H3,(H2,24,25,26). The van der Waals surface area contributed by atoms with E-state index in [4.69, 9.17) is 0 Å².